The predicted molar refractivity (Wildman–Crippen MR) is 120 cm³/mol. The number of nitrogens with one attached hydrogen (secondary N) is 2. The Morgan fingerprint density at radius 2 is 1.74 bits per heavy atom. The van der Waals surface area contributed by atoms with Crippen LogP contribution in [0.15, 0.2) is 66.7 Å². The molecule has 0 bridgehead atoms. The molecule has 1 heterocycles. The first-order valence-electron chi connectivity index (χ1n) is 10.3. The number of aromatic carboxylic acids is 1. The number of carboxylic acids is 1. The fourth-order valence-corrected chi connectivity index (χ4v) is 3.96. The van der Waals surface area contributed by atoms with Crippen molar-refractivity contribution in [2.75, 3.05) is 18.4 Å². The van der Waals surface area contributed by atoms with Crippen LogP contribution >= 0.6 is 0 Å². The number of aromatic hydroxyl groups is 1. The molecule has 4 rings (SSSR count). The van der Waals surface area contributed by atoms with Crippen molar-refractivity contribution in [2.45, 2.75) is 18.8 Å². The van der Waals surface area contributed by atoms with Gasteiger partial charge in [-0.3, -0.25) is 4.79 Å². The minimum absolute atomic E-state index is 0.0137. The molecule has 1 unspecified atom stereocenters. The number of carbonyl (C=O) groups is 2. The highest BCUT2D eigenvalue weighted by Gasteiger charge is 2.20. The largest absolute Gasteiger partial charge is 0.507 e. The number of rotatable bonds is 5. The van der Waals surface area contributed by atoms with Crippen molar-refractivity contribution >= 4 is 17.6 Å². The summed E-state index contributed by atoms with van der Waals surface area (Å²) in [6.07, 6.45) is 2.07. The molecule has 3 aromatic rings. The van der Waals surface area contributed by atoms with Crippen LogP contribution in [0.2, 0.25) is 0 Å². The van der Waals surface area contributed by atoms with Crippen LogP contribution in [0.4, 0.5) is 5.69 Å². The van der Waals surface area contributed by atoms with Crippen molar-refractivity contribution in [1.82, 2.24) is 5.32 Å². The monoisotopic (exact) mass is 416 g/mol. The molecule has 0 saturated carbocycles. The fraction of sp³-hybridized carbons (Fsp3) is 0.200. The lowest BCUT2D eigenvalue weighted by Crippen LogP contribution is -2.28. The summed E-state index contributed by atoms with van der Waals surface area (Å²) in [5.74, 6) is -1.55. The number of carboxylic acid groups (broad SMARTS) is 1. The molecule has 0 spiro atoms. The maximum Gasteiger partial charge on any atom is 0.337 e. The van der Waals surface area contributed by atoms with Gasteiger partial charge in [0.2, 0.25) is 0 Å². The summed E-state index contributed by atoms with van der Waals surface area (Å²) in [4.78, 5) is 24.7. The zero-order valence-corrected chi connectivity index (χ0v) is 17.0. The van der Waals surface area contributed by atoms with E-state index in [2.05, 4.69) is 10.6 Å². The molecular weight excluding hydrogens is 392 g/mol. The second kappa shape index (κ2) is 9.02. The maximum absolute atomic E-state index is 13.0. The standard InChI is InChI=1S/C25H24N2O4/c28-23-11-9-17(19-7-4-12-26-15-19)13-21(23)24(29)27-22-14-18(8-10-20(22)25(30)31)16-5-2-1-3-6-16/h1-3,5-6,8-11,13-14,19,26,28H,4,7,12,15H2,(H,27,29)(H,30,31). The molecule has 0 aliphatic carbocycles. The van der Waals surface area contributed by atoms with Gasteiger partial charge in [-0.1, -0.05) is 42.5 Å². The highest BCUT2D eigenvalue weighted by Crippen LogP contribution is 2.30. The first-order valence-corrected chi connectivity index (χ1v) is 10.3. The van der Waals surface area contributed by atoms with E-state index in [9.17, 15) is 19.8 Å². The van der Waals surface area contributed by atoms with Crippen LogP contribution in [0.25, 0.3) is 11.1 Å². The van der Waals surface area contributed by atoms with Crippen LogP contribution in [-0.2, 0) is 0 Å². The highest BCUT2D eigenvalue weighted by molar-refractivity contribution is 6.09. The van der Waals surface area contributed by atoms with Gasteiger partial charge < -0.3 is 20.8 Å². The van der Waals surface area contributed by atoms with E-state index in [1.807, 2.05) is 36.4 Å². The van der Waals surface area contributed by atoms with Crippen molar-refractivity contribution in [3.05, 3.63) is 83.4 Å². The van der Waals surface area contributed by atoms with Gasteiger partial charge >= 0.3 is 5.97 Å². The van der Waals surface area contributed by atoms with E-state index >= 15 is 0 Å². The van der Waals surface area contributed by atoms with Crippen molar-refractivity contribution in [1.29, 1.82) is 0 Å². The lowest BCUT2D eigenvalue weighted by Gasteiger charge is -2.23. The number of benzene rings is 3. The Labute approximate surface area is 180 Å². The Hall–Kier alpha value is -3.64. The van der Waals surface area contributed by atoms with Crippen LogP contribution < -0.4 is 10.6 Å². The van der Waals surface area contributed by atoms with Crippen LogP contribution in [0, 0.1) is 0 Å². The molecule has 6 nitrogen and oxygen atoms in total. The molecule has 0 radical (unpaired) electrons. The minimum atomic E-state index is -1.14. The molecule has 1 saturated heterocycles. The van der Waals surface area contributed by atoms with E-state index in [0.29, 0.717) is 0 Å². The summed E-state index contributed by atoms with van der Waals surface area (Å²) in [5.41, 5.74) is 2.97. The van der Waals surface area contributed by atoms with Crippen molar-refractivity contribution in [3.63, 3.8) is 0 Å². The zero-order chi connectivity index (χ0) is 21.8. The molecule has 158 valence electrons. The first-order chi connectivity index (χ1) is 15.0. The number of phenolic OH excluding ortho intramolecular Hbond substituents is 1. The number of anilines is 1. The third-order valence-corrected chi connectivity index (χ3v) is 5.64. The second-order valence-electron chi connectivity index (χ2n) is 7.71. The average molecular weight is 416 g/mol. The fourth-order valence-electron chi connectivity index (χ4n) is 3.96. The normalized spacial score (nSPS) is 15.9. The molecule has 6 heteroatoms. The van der Waals surface area contributed by atoms with Crippen molar-refractivity contribution < 1.29 is 19.8 Å². The summed E-state index contributed by atoms with van der Waals surface area (Å²) < 4.78 is 0. The van der Waals surface area contributed by atoms with Gasteiger partial charge in [-0.2, -0.15) is 0 Å². The van der Waals surface area contributed by atoms with Gasteiger partial charge in [-0.15, -0.1) is 0 Å². The average Bonchev–Trinajstić information content (AvgIpc) is 2.80. The van der Waals surface area contributed by atoms with E-state index in [4.69, 9.17) is 0 Å². The van der Waals surface area contributed by atoms with Crippen LogP contribution in [0.3, 0.4) is 0 Å². The Bertz CT molecular complexity index is 1110. The van der Waals surface area contributed by atoms with Crippen molar-refractivity contribution in [2.24, 2.45) is 0 Å². The third-order valence-electron chi connectivity index (χ3n) is 5.64. The molecule has 1 amide bonds. The maximum atomic E-state index is 13.0. The van der Waals surface area contributed by atoms with E-state index in [-0.39, 0.29) is 28.5 Å². The smallest absolute Gasteiger partial charge is 0.337 e. The SMILES string of the molecule is O=C(Nc1cc(-c2ccccc2)ccc1C(=O)O)c1cc(C2CCCNC2)ccc1O. The van der Waals surface area contributed by atoms with Gasteiger partial charge in [-0.25, -0.2) is 4.79 Å². The molecule has 31 heavy (non-hydrogen) atoms. The van der Waals surface area contributed by atoms with Gasteiger partial charge in [0.05, 0.1) is 16.8 Å². The van der Waals surface area contributed by atoms with Gasteiger partial charge in [-0.05, 0) is 66.3 Å². The molecule has 1 atom stereocenters. The summed E-state index contributed by atoms with van der Waals surface area (Å²) in [6, 6.07) is 19.4. The molecular formula is C25H24N2O4. The lowest BCUT2D eigenvalue weighted by molar-refractivity contribution is 0.0698. The number of hydrogen-bond acceptors (Lipinski definition) is 4. The minimum Gasteiger partial charge on any atom is -0.507 e. The Kier molecular flexibility index (Phi) is 6.00. The van der Waals surface area contributed by atoms with Crippen molar-refractivity contribution in [3.8, 4) is 16.9 Å². The van der Waals surface area contributed by atoms with E-state index < -0.39 is 11.9 Å². The quantitative estimate of drug-likeness (QED) is 0.492. The molecule has 4 N–H and O–H groups in total. The number of piperidine rings is 1. The van der Waals surface area contributed by atoms with Crippen LogP contribution in [-0.4, -0.2) is 35.2 Å². The molecule has 0 aromatic heterocycles. The number of amides is 1. The van der Waals surface area contributed by atoms with E-state index in [0.717, 1.165) is 42.6 Å². The first kappa shape index (κ1) is 20.6. The summed E-state index contributed by atoms with van der Waals surface area (Å²) in [7, 11) is 0. The number of hydrogen-bond donors (Lipinski definition) is 4. The van der Waals surface area contributed by atoms with Gasteiger partial charge in [0.25, 0.3) is 5.91 Å². The second-order valence-corrected chi connectivity index (χ2v) is 7.71. The lowest BCUT2D eigenvalue weighted by atomic mass is 9.90. The summed E-state index contributed by atoms with van der Waals surface area (Å²) >= 11 is 0. The zero-order valence-electron chi connectivity index (χ0n) is 17.0. The van der Waals surface area contributed by atoms with Crippen LogP contribution in [0.1, 0.15) is 45.0 Å². The van der Waals surface area contributed by atoms with Gasteiger partial charge in [0, 0.05) is 6.54 Å². The third kappa shape index (κ3) is 4.59. The molecule has 1 aliphatic rings. The molecule has 3 aromatic carbocycles. The van der Waals surface area contributed by atoms with E-state index in [1.165, 1.54) is 12.1 Å². The predicted octanol–water partition coefficient (Wildman–Crippen LogP) is 4.48. The summed E-state index contributed by atoms with van der Waals surface area (Å²) in [5, 5.41) is 25.9. The topological polar surface area (TPSA) is 98.7 Å². The Morgan fingerprint density at radius 3 is 2.45 bits per heavy atom. The Balaban J connectivity index is 1.65. The highest BCUT2D eigenvalue weighted by atomic mass is 16.4. The van der Waals surface area contributed by atoms with Gasteiger partial charge in [0.1, 0.15) is 5.75 Å². The van der Waals surface area contributed by atoms with Crippen LogP contribution in [0.5, 0.6) is 5.75 Å². The molecule has 1 fully saturated rings. The summed E-state index contributed by atoms with van der Waals surface area (Å²) in [6.45, 7) is 1.81. The number of carbonyl (C=O) groups excluding carboxylic acids is 1. The van der Waals surface area contributed by atoms with Gasteiger partial charge in [0.15, 0.2) is 0 Å². The van der Waals surface area contributed by atoms with E-state index in [1.54, 1.807) is 18.2 Å². The Morgan fingerprint density at radius 1 is 0.935 bits per heavy atom. The number of phenols is 1. The molecule has 1 aliphatic heterocycles.